The van der Waals surface area contributed by atoms with Gasteiger partial charge in [0.25, 0.3) is 0 Å². The SMILES string of the molecule is COc1ccc(-c2cc(N3CCCC(C(=O)N4CCC(Cc5ccccc5)CC4)C3)ncn2)cc1. The average molecular weight is 471 g/mol. The van der Waals surface area contributed by atoms with Crippen LogP contribution in [0.5, 0.6) is 5.75 Å². The Morgan fingerprint density at radius 3 is 2.49 bits per heavy atom. The van der Waals surface area contributed by atoms with Gasteiger partial charge in [0.2, 0.25) is 5.91 Å². The number of hydrogen-bond donors (Lipinski definition) is 0. The maximum absolute atomic E-state index is 13.4. The molecule has 1 unspecified atom stereocenters. The van der Waals surface area contributed by atoms with Crippen LogP contribution in [0.25, 0.3) is 11.3 Å². The van der Waals surface area contributed by atoms with Crippen molar-refractivity contribution in [3.05, 3.63) is 72.6 Å². The molecule has 6 nitrogen and oxygen atoms in total. The topological polar surface area (TPSA) is 58.6 Å². The number of ether oxygens (including phenoxy) is 1. The van der Waals surface area contributed by atoms with E-state index in [1.165, 1.54) is 5.56 Å². The van der Waals surface area contributed by atoms with E-state index in [4.69, 9.17) is 4.74 Å². The number of aromatic nitrogens is 2. The molecule has 3 heterocycles. The van der Waals surface area contributed by atoms with E-state index in [0.29, 0.717) is 11.8 Å². The highest BCUT2D eigenvalue weighted by Crippen LogP contribution is 2.28. The predicted molar refractivity (Wildman–Crippen MR) is 138 cm³/mol. The Balaban J connectivity index is 1.19. The molecule has 0 saturated carbocycles. The van der Waals surface area contributed by atoms with Crippen molar-refractivity contribution < 1.29 is 9.53 Å². The van der Waals surface area contributed by atoms with Crippen molar-refractivity contribution in [1.82, 2.24) is 14.9 Å². The summed E-state index contributed by atoms with van der Waals surface area (Å²) < 4.78 is 5.26. The first kappa shape index (κ1) is 23.3. The highest BCUT2D eigenvalue weighted by molar-refractivity contribution is 5.80. The summed E-state index contributed by atoms with van der Waals surface area (Å²) in [6, 6.07) is 20.6. The van der Waals surface area contributed by atoms with Gasteiger partial charge in [-0.2, -0.15) is 0 Å². The molecule has 1 atom stereocenters. The van der Waals surface area contributed by atoms with E-state index in [0.717, 1.165) is 81.1 Å². The van der Waals surface area contributed by atoms with E-state index in [2.05, 4.69) is 50.1 Å². The molecule has 0 radical (unpaired) electrons. The normalized spacial score (nSPS) is 18.9. The lowest BCUT2D eigenvalue weighted by atomic mass is 9.89. The van der Waals surface area contributed by atoms with E-state index in [-0.39, 0.29) is 5.92 Å². The van der Waals surface area contributed by atoms with Gasteiger partial charge in [-0.1, -0.05) is 30.3 Å². The zero-order chi connectivity index (χ0) is 24.0. The first-order valence-electron chi connectivity index (χ1n) is 12.7. The molecule has 2 aromatic carbocycles. The third-order valence-electron chi connectivity index (χ3n) is 7.43. The van der Waals surface area contributed by atoms with Crippen LogP contribution in [0.2, 0.25) is 0 Å². The molecule has 5 rings (SSSR count). The minimum Gasteiger partial charge on any atom is -0.497 e. The fraction of sp³-hybridized carbons (Fsp3) is 0.414. The largest absolute Gasteiger partial charge is 0.497 e. The molecule has 182 valence electrons. The van der Waals surface area contributed by atoms with Crippen LogP contribution in [0.15, 0.2) is 67.0 Å². The van der Waals surface area contributed by atoms with E-state index >= 15 is 0 Å². The van der Waals surface area contributed by atoms with Crippen LogP contribution in [-0.4, -0.2) is 54.1 Å². The molecule has 35 heavy (non-hydrogen) atoms. The highest BCUT2D eigenvalue weighted by Gasteiger charge is 2.32. The summed E-state index contributed by atoms with van der Waals surface area (Å²) >= 11 is 0. The maximum atomic E-state index is 13.4. The van der Waals surface area contributed by atoms with E-state index in [9.17, 15) is 4.79 Å². The Morgan fingerprint density at radius 1 is 0.971 bits per heavy atom. The molecule has 2 aliphatic heterocycles. The van der Waals surface area contributed by atoms with Crippen LogP contribution in [0, 0.1) is 11.8 Å². The number of methoxy groups -OCH3 is 1. The number of rotatable bonds is 6. The monoisotopic (exact) mass is 470 g/mol. The lowest BCUT2D eigenvalue weighted by Gasteiger charge is -2.38. The number of benzene rings is 2. The standard InChI is InChI=1S/C29H34N4O2/c1-35-26-11-9-24(10-12-26)27-19-28(31-21-30-27)33-15-5-8-25(20-33)29(34)32-16-13-23(14-17-32)18-22-6-3-2-4-7-22/h2-4,6-7,9-12,19,21,23,25H,5,8,13-18,20H2,1H3. The first-order chi connectivity index (χ1) is 17.2. The Kier molecular flexibility index (Phi) is 7.26. The van der Waals surface area contributed by atoms with Crippen molar-refractivity contribution >= 4 is 11.7 Å². The number of likely N-dealkylation sites (tertiary alicyclic amines) is 1. The maximum Gasteiger partial charge on any atom is 0.227 e. The number of anilines is 1. The molecule has 2 saturated heterocycles. The van der Waals surface area contributed by atoms with Crippen LogP contribution >= 0.6 is 0 Å². The van der Waals surface area contributed by atoms with Gasteiger partial charge >= 0.3 is 0 Å². The number of hydrogen-bond acceptors (Lipinski definition) is 5. The second-order valence-electron chi connectivity index (χ2n) is 9.73. The van der Waals surface area contributed by atoms with Gasteiger partial charge in [-0.05, 0) is 67.9 Å². The van der Waals surface area contributed by atoms with Gasteiger partial charge < -0.3 is 14.5 Å². The minimum atomic E-state index is 0.0359. The first-order valence-corrected chi connectivity index (χ1v) is 12.7. The average Bonchev–Trinajstić information content (AvgIpc) is 2.94. The van der Waals surface area contributed by atoms with Gasteiger partial charge in [0, 0.05) is 37.8 Å². The fourth-order valence-electron chi connectivity index (χ4n) is 5.39. The molecule has 2 aliphatic rings. The molecule has 0 N–H and O–H groups in total. The van der Waals surface area contributed by atoms with Gasteiger partial charge in [0.05, 0.1) is 18.7 Å². The van der Waals surface area contributed by atoms with Gasteiger partial charge in [-0.3, -0.25) is 4.79 Å². The Bertz CT molecular complexity index is 1110. The summed E-state index contributed by atoms with van der Waals surface area (Å²) in [5.41, 5.74) is 3.31. The number of piperidine rings is 2. The van der Waals surface area contributed by atoms with Crippen molar-refractivity contribution in [3.8, 4) is 17.0 Å². The highest BCUT2D eigenvalue weighted by atomic mass is 16.5. The van der Waals surface area contributed by atoms with Gasteiger partial charge in [0.15, 0.2) is 0 Å². The van der Waals surface area contributed by atoms with Crippen LogP contribution in [0.3, 0.4) is 0 Å². The van der Waals surface area contributed by atoms with Crippen molar-refractivity contribution in [2.45, 2.75) is 32.1 Å². The second-order valence-corrected chi connectivity index (χ2v) is 9.73. The predicted octanol–water partition coefficient (Wildman–Crippen LogP) is 4.85. The lowest BCUT2D eigenvalue weighted by Crippen LogP contribution is -2.47. The number of nitrogens with zero attached hydrogens (tertiary/aromatic N) is 4. The second kappa shape index (κ2) is 10.9. The van der Waals surface area contributed by atoms with E-state index < -0.39 is 0 Å². The van der Waals surface area contributed by atoms with Gasteiger partial charge in [-0.15, -0.1) is 0 Å². The number of carbonyl (C=O) groups excluding carboxylic acids is 1. The van der Waals surface area contributed by atoms with Crippen LogP contribution < -0.4 is 9.64 Å². The van der Waals surface area contributed by atoms with Crippen LogP contribution in [0.4, 0.5) is 5.82 Å². The smallest absolute Gasteiger partial charge is 0.227 e. The van der Waals surface area contributed by atoms with E-state index in [1.807, 2.05) is 30.3 Å². The molecule has 2 fully saturated rings. The van der Waals surface area contributed by atoms with Crippen molar-refractivity contribution in [3.63, 3.8) is 0 Å². The summed E-state index contributed by atoms with van der Waals surface area (Å²) in [6.45, 7) is 3.40. The molecule has 0 spiro atoms. The summed E-state index contributed by atoms with van der Waals surface area (Å²) in [4.78, 5) is 26.8. The van der Waals surface area contributed by atoms with Crippen LogP contribution in [-0.2, 0) is 11.2 Å². The zero-order valence-electron chi connectivity index (χ0n) is 20.5. The van der Waals surface area contributed by atoms with E-state index in [1.54, 1.807) is 13.4 Å². The zero-order valence-corrected chi connectivity index (χ0v) is 20.5. The quantitative estimate of drug-likeness (QED) is 0.515. The van der Waals surface area contributed by atoms with Gasteiger partial charge in [-0.25, -0.2) is 9.97 Å². The summed E-state index contributed by atoms with van der Waals surface area (Å²) in [7, 11) is 1.67. The molecule has 0 bridgehead atoms. The van der Waals surface area contributed by atoms with Crippen molar-refractivity contribution in [1.29, 1.82) is 0 Å². The summed E-state index contributed by atoms with van der Waals surface area (Å²) in [5.74, 6) is 2.74. The fourth-order valence-corrected chi connectivity index (χ4v) is 5.39. The molecule has 6 heteroatoms. The third-order valence-corrected chi connectivity index (χ3v) is 7.43. The third kappa shape index (κ3) is 5.64. The summed E-state index contributed by atoms with van der Waals surface area (Å²) in [5, 5.41) is 0. The molecule has 3 aromatic rings. The van der Waals surface area contributed by atoms with Gasteiger partial charge in [0.1, 0.15) is 17.9 Å². The Morgan fingerprint density at radius 2 is 1.74 bits per heavy atom. The molecular formula is C29H34N4O2. The molecule has 1 amide bonds. The molecule has 0 aliphatic carbocycles. The number of carbonyl (C=O) groups is 1. The molecule has 1 aromatic heterocycles. The summed E-state index contributed by atoms with van der Waals surface area (Å²) in [6.07, 6.45) is 6.88. The molecular weight excluding hydrogens is 436 g/mol. The Labute approximate surface area is 208 Å². The van der Waals surface area contributed by atoms with Crippen molar-refractivity contribution in [2.75, 3.05) is 38.2 Å². The van der Waals surface area contributed by atoms with Crippen LogP contribution in [0.1, 0.15) is 31.2 Å². The number of amides is 1. The minimum absolute atomic E-state index is 0.0359. The lowest BCUT2D eigenvalue weighted by molar-refractivity contribution is -0.137. The Hall–Kier alpha value is -3.41. The van der Waals surface area contributed by atoms with Crippen molar-refractivity contribution in [2.24, 2.45) is 11.8 Å².